The lowest BCUT2D eigenvalue weighted by Gasteiger charge is -2.00. The Balaban J connectivity index is 2.07. The van der Waals surface area contributed by atoms with Gasteiger partial charge < -0.3 is 14.8 Å². The largest absolute Gasteiger partial charge is 0.508 e. The van der Waals surface area contributed by atoms with Crippen LogP contribution in [0.2, 0.25) is 0 Å². The lowest BCUT2D eigenvalue weighted by Crippen LogP contribution is -1.86. The Morgan fingerprint density at radius 2 is 1.78 bits per heavy atom. The molecule has 90 valence electrons. The molecule has 0 aliphatic rings. The second-order valence-electron chi connectivity index (χ2n) is 4.16. The zero-order valence-corrected chi connectivity index (χ0v) is 9.97. The number of benzene rings is 2. The van der Waals surface area contributed by atoms with E-state index >= 15 is 0 Å². The maximum Gasteiger partial charge on any atom is 0.138 e. The molecule has 0 bridgehead atoms. The Kier molecular flexibility index (Phi) is 2.45. The Hall–Kier alpha value is -2.42. The molecule has 3 nitrogen and oxygen atoms in total. The predicted octanol–water partition coefficient (Wildman–Crippen LogP) is 3.85. The number of aromatic hydroxyl groups is 1. The van der Waals surface area contributed by atoms with Gasteiger partial charge in [-0.15, -0.1) is 0 Å². The van der Waals surface area contributed by atoms with Crippen molar-refractivity contribution in [2.75, 3.05) is 12.4 Å². The average molecular weight is 239 g/mol. The molecular weight excluding hydrogens is 226 g/mol. The number of fused-ring (bicyclic) bond motifs is 1. The van der Waals surface area contributed by atoms with Gasteiger partial charge in [0.05, 0.1) is 0 Å². The minimum atomic E-state index is 0.217. The fraction of sp³-hybridized carbons (Fsp3) is 0.0667. The van der Waals surface area contributed by atoms with Crippen LogP contribution in [0.15, 0.2) is 52.9 Å². The van der Waals surface area contributed by atoms with Crippen LogP contribution < -0.4 is 5.32 Å². The maximum absolute atomic E-state index is 9.41. The summed E-state index contributed by atoms with van der Waals surface area (Å²) in [5.41, 5.74) is 2.78. The molecule has 2 aromatic carbocycles. The molecule has 1 aromatic heterocycles. The lowest BCUT2D eigenvalue weighted by atomic mass is 10.1. The summed E-state index contributed by atoms with van der Waals surface area (Å²) in [5.74, 6) is 1.02. The van der Waals surface area contributed by atoms with Gasteiger partial charge in [0, 0.05) is 29.8 Å². The minimum absolute atomic E-state index is 0.217. The van der Waals surface area contributed by atoms with Crippen LogP contribution in [0.1, 0.15) is 0 Å². The van der Waals surface area contributed by atoms with E-state index in [1.807, 2.05) is 43.4 Å². The summed E-state index contributed by atoms with van der Waals surface area (Å²) in [6.07, 6.45) is 0. The van der Waals surface area contributed by atoms with Gasteiger partial charge in [-0.2, -0.15) is 0 Å². The number of hydrogen-bond acceptors (Lipinski definition) is 3. The van der Waals surface area contributed by atoms with Crippen LogP contribution in [0.3, 0.4) is 0 Å². The third kappa shape index (κ3) is 1.80. The Labute approximate surface area is 105 Å². The van der Waals surface area contributed by atoms with Crippen molar-refractivity contribution in [3.05, 3.63) is 48.5 Å². The fourth-order valence-corrected chi connectivity index (χ4v) is 1.96. The Morgan fingerprint density at radius 1 is 1.00 bits per heavy atom. The van der Waals surface area contributed by atoms with Crippen molar-refractivity contribution in [1.82, 2.24) is 0 Å². The molecule has 3 rings (SSSR count). The molecule has 3 aromatic rings. The van der Waals surface area contributed by atoms with Gasteiger partial charge in [-0.1, -0.05) is 0 Å². The molecule has 0 aliphatic carbocycles. The van der Waals surface area contributed by atoms with Crippen LogP contribution in [0.4, 0.5) is 5.69 Å². The smallest absolute Gasteiger partial charge is 0.138 e. The zero-order valence-electron chi connectivity index (χ0n) is 9.97. The second kappa shape index (κ2) is 4.11. The summed E-state index contributed by atoms with van der Waals surface area (Å²) in [5, 5.41) is 13.5. The summed E-state index contributed by atoms with van der Waals surface area (Å²) in [7, 11) is 1.89. The Morgan fingerprint density at radius 3 is 2.50 bits per heavy atom. The fourth-order valence-electron chi connectivity index (χ4n) is 1.96. The van der Waals surface area contributed by atoms with Crippen molar-refractivity contribution >= 4 is 16.7 Å². The summed E-state index contributed by atoms with van der Waals surface area (Å²) < 4.78 is 5.73. The SMILES string of the molecule is CNc1ccc(-c2cc3ccc(O)cc3o2)cc1. The third-order valence-corrected chi connectivity index (χ3v) is 2.96. The molecule has 0 unspecified atom stereocenters. The van der Waals surface area contributed by atoms with Crippen LogP contribution in [0.25, 0.3) is 22.3 Å². The first-order valence-corrected chi connectivity index (χ1v) is 5.77. The van der Waals surface area contributed by atoms with Crippen LogP contribution >= 0.6 is 0 Å². The van der Waals surface area contributed by atoms with Crippen molar-refractivity contribution in [2.45, 2.75) is 0 Å². The molecule has 0 fully saturated rings. The third-order valence-electron chi connectivity index (χ3n) is 2.96. The van der Waals surface area contributed by atoms with Crippen LogP contribution in [-0.2, 0) is 0 Å². The Bertz CT molecular complexity index is 683. The van der Waals surface area contributed by atoms with E-state index < -0.39 is 0 Å². The first-order valence-electron chi connectivity index (χ1n) is 5.77. The molecule has 0 saturated heterocycles. The van der Waals surface area contributed by atoms with Crippen molar-refractivity contribution < 1.29 is 9.52 Å². The highest BCUT2D eigenvalue weighted by Crippen LogP contribution is 2.30. The molecule has 0 atom stereocenters. The highest BCUT2D eigenvalue weighted by molar-refractivity contribution is 5.84. The van der Waals surface area contributed by atoms with Gasteiger partial charge in [0.15, 0.2) is 0 Å². The predicted molar refractivity (Wildman–Crippen MR) is 72.9 cm³/mol. The van der Waals surface area contributed by atoms with Gasteiger partial charge in [-0.25, -0.2) is 0 Å². The molecule has 3 heteroatoms. The molecule has 2 N–H and O–H groups in total. The van der Waals surface area contributed by atoms with Gasteiger partial charge in [0.25, 0.3) is 0 Å². The van der Waals surface area contributed by atoms with Gasteiger partial charge in [-0.05, 0) is 42.5 Å². The monoisotopic (exact) mass is 239 g/mol. The van der Waals surface area contributed by atoms with Crippen LogP contribution in [0, 0.1) is 0 Å². The molecule has 0 spiro atoms. The minimum Gasteiger partial charge on any atom is -0.508 e. The van der Waals surface area contributed by atoms with Crippen molar-refractivity contribution in [1.29, 1.82) is 0 Å². The molecule has 18 heavy (non-hydrogen) atoms. The van der Waals surface area contributed by atoms with Crippen LogP contribution in [0.5, 0.6) is 5.75 Å². The maximum atomic E-state index is 9.41. The first-order chi connectivity index (χ1) is 8.76. The van der Waals surface area contributed by atoms with Crippen molar-refractivity contribution in [3.8, 4) is 17.1 Å². The van der Waals surface area contributed by atoms with E-state index in [2.05, 4.69) is 5.32 Å². The van der Waals surface area contributed by atoms with Crippen LogP contribution in [-0.4, -0.2) is 12.2 Å². The van der Waals surface area contributed by atoms with E-state index in [4.69, 9.17) is 4.42 Å². The zero-order chi connectivity index (χ0) is 12.5. The number of nitrogens with one attached hydrogen (secondary N) is 1. The van der Waals surface area contributed by atoms with Gasteiger partial charge in [-0.3, -0.25) is 0 Å². The summed E-state index contributed by atoms with van der Waals surface area (Å²) in [4.78, 5) is 0. The van der Waals surface area contributed by atoms with Gasteiger partial charge in [0.2, 0.25) is 0 Å². The van der Waals surface area contributed by atoms with Crippen molar-refractivity contribution in [2.24, 2.45) is 0 Å². The normalized spacial score (nSPS) is 10.7. The second-order valence-corrected chi connectivity index (χ2v) is 4.16. The molecule has 0 amide bonds. The standard InChI is InChI=1S/C15H13NO2/c1-16-12-5-2-10(3-6-12)14-8-11-4-7-13(17)9-15(11)18-14/h2-9,16-17H,1H3. The highest BCUT2D eigenvalue weighted by atomic mass is 16.3. The van der Waals surface area contributed by atoms with Gasteiger partial charge in [0.1, 0.15) is 17.1 Å². The number of hydrogen-bond donors (Lipinski definition) is 2. The molecule has 0 saturated carbocycles. The van der Waals surface area contributed by atoms with Crippen molar-refractivity contribution in [3.63, 3.8) is 0 Å². The van der Waals surface area contributed by atoms with E-state index in [0.29, 0.717) is 5.58 Å². The number of rotatable bonds is 2. The van der Waals surface area contributed by atoms with E-state index in [1.54, 1.807) is 12.1 Å². The topological polar surface area (TPSA) is 45.4 Å². The highest BCUT2D eigenvalue weighted by Gasteiger charge is 2.06. The molecule has 0 radical (unpaired) electrons. The number of phenolic OH excluding ortho intramolecular Hbond substituents is 1. The first kappa shape index (κ1) is 10.7. The summed E-state index contributed by atoms with van der Waals surface area (Å²) >= 11 is 0. The number of anilines is 1. The van der Waals surface area contributed by atoms with E-state index in [0.717, 1.165) is 22.4 Å². The molecule has 0 aliphatic heterocycles. The van der Waals surface area contributed by atoms with E-state index in [1.165, 1.54) is 0 Å². The van der Waals surface area contributed by atoms with E-state index in [9.17, 15) is 5.11 Å². The van der Waals surface area contributed by atoms with Gasteiger partial charge >= 0.3 is 0 Å². The number of phenols is 1. The average Bonchev–Trinajstić information content (AvgIpc) is 2.81. The van der Waals surface area contributed by atoms with E-state index in [-0.39, 0.29) is 5.75 Å². The molecular formula is C15H13NO2. The number of furan rings is 1. The lowest BCUT2D eigenvalue weighted by molar-refractivity contribution is 0.474. The summed E-state index contributed by atoms with van der Waals surface area (Å²) in [6.45, 7) is 0. The quantitative estimate of drug-likeness (QED) is 0.714. The summed E-state index contributed by atoms with van der Waals surface area (Å²) in [6, 6.07) is 15.1. The molecule has 1 heterocycles.